The zero-order chi connectivity index (χ0) is 13.5. The van der Waals surface area contributed by atoms with Crippen LogP contribution in [-0.4, -0.2) is 29.3 Å². The first kappa shape index (κ1) is 12.9. The van der Waals surface area contributed by atoms with Crippen molar-refractivity contribution in [2.24, 2.45) is 0 Å². The van der Waals surface area contributed by atoms with Crippen molar-refractivity contribution in [3.8, 4) is 0 Å². The summed E-state index contributed by atoms with van der Waals surface area (Å²) in [5.74, 6) is 0.875. The summed E-state index contributed by atoms with van der Waals surface area (Å²) < 4.78 is 0. The van der Waals surface area contributed by atoms with Crippen LogP contribution in [0.25, 0.3) is 0 Å². The second kappa shape index (κ2) is 4.75. The molecule has 1 saturated heterocycles. The van der Waals surface area contributed by atoms with E-state index in [1.54, 1.807) is 0 Å². The molecule has 0 saturated carbocycles. The Morgan fingerprint density at radius 2 is 1.95 bits per heavy atom. The third-order valence-corrected chi connectivity index (χ3v) is 4.97. The van der Waals surface area contributed by atoms with Gasteiger partial charge in [0.1, 0.15) is 0 Å². The quantitative estimate of drug-likeness (QED) is 0.826. The number of ketones is 1. The van der Waals surface area contributed by atoms with E-state index in [-0.39, 0.29) is 5.54 Å². The van der Waals surface area contributed by atoms with Gasteiger partial charge in [0, 0.05) is 6.42 Å². The zero-order valence-corrected chi connectivity index (χ0v) is 12.0. The van der Waals surface area contributed by atoms with E-state index < -0.39 is 0 Å². The van der Waals surface area contributed by atoms with Gasteiger partial charge in [0.2, 0.25) is 0 Å². The molecule has 2 nitrogen and oxygen atoms in total. The lowest BCUT2D eigenvalue weighted by Gasteiger charge is -2.37. The van der Waals surface area contributed by atoms with E-state index in [9.17, 15) is 4.79 Å². The fourth-order valence-corrected chi connectivity index (χ4v) is 3.47. The summed E-state index contributed by atoms with van der Waals surface area (Å²) in [5.41, 5.74) is 2.55. The Kier molecular flexibility index (Phi) is 3.22. The molecule has 1 unspecified atom stereocenters. The van der Waals surface area contributed by atoms with Crippen molar-refractivity contribution in [3.05, 3.63) is 35.4 Å². The van der Waals surface area contributed by atoms with Gasteiger partial charge >= 0.3 is 0 Å². The number of hydrogen-bond donors (Lipinski definition) is 0. The number of rotatable bonds is 4. The highest BCUT2D eigenvalue weighted by atomic mass is 16.1. The molecule has 1 aliphatic heterocycles. The number of nitrogens with zero attached hydrogens (tertiary/aromatic N) is 1. The molecule has 102 valence electrons. The molecule has 1 aromatic carbocycles. The largest absolute Gasteiger partial charge is 0.298 e. The van der Waals surface area contributed by atoms with E-state index in [1.165, 1.54) is 24.0 Å². The van der Waals surface area contributed by atoms with E-state index in [2.05, 4.69) is 43.0 Å². The molecule has 2 aliphatic rings. The van der Waals surface area contributed by atoms with E-state index >= 15 is 0 Å². The third-order valence-electron chi connectivity index (χ3n) is 4.97. The van der Waals surface area contributed by atoms with E-state index in [1.807, 2.05) is 0 Å². The highest BCUT2D eigenvalue weighted by molar-refractivity contribution is 5.88. The minimum Gasteiger partial charge on any atom is -0.298 e. The van der Waals surface area contributed by atoms with E-state index in [4.69, 9.17) is 0 Å². The van der Waals surface area contributed by atoms with Crippen molar-refractivity contribution in [2.45, 2.75) is 51.0 Å². The standard InChI is InChI=1S/C17H23NO/c1-17(2,18-9-5-6-10-18)16(19)12-14-11-13-7-3-4-8-15(13)14/h3-4,7-8,14H,5-6,9-12H2,1-2H3. The van der Waals surface area contributed by atoms with Crippen LogP contribution in [-0.2, 0) is 11.2 Å². The van der Waals surface area contributed by atoms with Crippen molar-refractivity contribution in [1.82, 2.24) is 4.90 Å². The first-order chi connectivity index (χ1) is 9.09. The molecule has 1 aliphatic carbocycles. The Morgan fingerprint density at radius 3 is 2.63 bits per heavy atom. The Balaban J connectivity index is 1.66. The highest BCUT2D eigenvalue weighted by Gasteiger charge is 2.38. The van der Waals surface area contributed by atoms with E-state index in [0.717, 1.165) is 19.5 Å². The van der Waals surface area contributed by atoms with Crippen LogP contribution in [0.2, 0.25) is 0 Å². The first-order valence-electron chi connectivity index (χ1n) is 7.45. The summed E-state index contributed by atoms with van der Waals surface area (Å²) in [6.45, 7) is 6.37. The van der Waals surface area contributed by atoms with Gasteiger partial charge in [0.15, 0.2) is 5.78 Å². The third kappa shape index (κ3) is 2.23. The second-order valence-corrected chi connectivity index (χ2v) is 6.48. The zero-order valence-electron chi connectivity index (χ0n) is 12.0. The van der Waals surface area contributed by atoms with Crippen LogP contribution in [0.15, 0.2) is 24.3 Å². The van der Waals surface area contributed by atoms with E-state index in [0.29, 0.717) is 18.1 Å². The number of fused-ring (bicyclic) bond motifs is 1. The monoisotopic (exact) mass is 257 g/mol. The van der Waals surface area contributed by atoms with Crippen LogP contribution in [0.4, 0.5) is 0 Å². The molecular weight excluding hydrogens is 234 g/mol. The summed E-state index contributed by atoms with van der Waals surface area (Å²) in [4.78, 5) is 15.0. The molecule has 0 N–H and O–H groups in total. The predicted octanol–water partition coefficient (Wildman–Crippen LogP) is 3.16. The van der Waals surface area contributed by atoms with Crippen molar-refractivity contribution in [2.75, 3.05) is 13.1 Å². The summed E-state index contributed by atoms with van der Waals surface area (Å²) in [6, 6.07) is 8.54. The van der Waals surface area contributed by atoms with Gasteiger partial charge in [-0.15, -0.1) is 0 Å². The number of hydrogen-bond acceptors (Lipinski definition) is 2. The normalized spacial score (nSPS) is 22.9. The molecule has 0 radical (unpaired) electrons. The van der Waals surface area contributed by atoms with Crippen LogP contribution >= 0.6 is 0 Å². The fourth-order valence-electron chi connectivity index (χ4n) is 3.47. The van der Waals surface area contributed by atoms with Gasteiger partial charge < -0.3 is 0 Å². The van der Waals surface area contributed by atoms with Gasteiger partial charge in [0.05, 0.1) is 5.54 Å². The SMILES string of the molecule is CC(C)(C(=O)CC1Cc2ccccc21)N1CCCC1. The molecule has 2 heteroatoms. The van der Waals surface area contributed by atoms with Crippen molar-refractivity contribution >= 4 is 5.78 Å². The lowest BCUT2D eigenvalue weighted by Crippen LogP contribution is -2.49. The van der Waals surface area contributed by atoms with Crippen LogP contribution in [0, 0.1) is 0 Å². The number of carbonyl (C=O) groups excluding carboxylic acids is 1. The average molecular weight is 257 g/mol. The maximum atomic E-state index is 12.6. The molecule has 3 rings (SSSR count). The molecular formula is C17H23NO. The molecule has 0 bridgehead atoms. The molecule has 1 atom stereocenters. The van der Waals surface area contributed by atoms with Gasteiger partial charge in [-0.3, -0.25) is 9.69 Å². The average Bonchev–Trinajstić information content (AvgIpc) is 2.90. The predicted molar refractivity (Wildman–Crippen MR) is 77.4 cm³/mol. The van der Waals surface area contributed by atoms with Crippen molar-refractivity contribution in [1.29, 1.82) is 0 Å². The Hall–Kier alpha value is -1.15. The molecule has 0 amide bonds. The van der Waals surface area contributed by atoms with Gasteiger partial charge in [-0.1, -0.05) is 24.3 Å². The summed E-state index contributed by atoms with van der Waals surface area (Å²) >= 11 is 0. The lowest BCUT2D eigenvalue weighted by atomic mass is 9.73. The summed E-state index contributed by atoms with van der Waals surface area (Å²) in [6.07, 6.45) is 4.27. The lowest BCUT2D eigenvalue weighted by molar-refractivity contribution is -0.129. The van der Waals surface area contributed by atoms with Crippen molar-refractivity contribution < 1.29 is 4.79 Å². The highest BCUT2D eigenvalue weighted by Crippen LogP contribution is 2.39. The topological polar surface area (TPSA) is 20.3 Å². The summed E-state index contributed by atoms with van der Waals surface area (Å²) in [7, 11) is 0. The molecule has 1 aromatic rings. The van der Waals surface area contributed by atoms with Gasteiger partial charge in [0.25, 0.3) is 0 Å². The Labute approximate surface area is 115 Å². The minimum atomic E-state index is -0.277. The van der Waals surface area contributed by atoms with Gasteiger partial charge in [-0.05, 0) is 63.2 Å². The number of likely N-dealkylation sites (tertiary alicyclic amines) is 1. The van der Waals surface area contributed by atoms with Crippen molar-refractivity contribution in [3.63, 3.8) is 0 Å². The van der Waals surface area contributed by atoms with Crippen LogP contribution in [0.5, 0.6) is 0 Å². The number of benzene rings is 1. The van der Waals surface area contributed by atoms with Crippen LogP contribution in [0.1, 0.15) is 50.2 Å². The maximum absolute atomic E-state index is 12.6. The number of carbonyl (C=O) groups is 1. The van der Waals surface area contributed by atoms with Gasteiger partial charge in [-0.25, -0.2) is 0 Å². The Morgan fingerprint density at radius 1 is 1.26 bits per heavy atom. The maximum Gasteiger partial charge on any atom is 0.153 e. The fraction of sp³-hybridized carbons (Fsp3) is 0.588. The van der Waals surface area contributed by atoms with Crippen LogP contribution < -0.4 is 0 Å². The molecule has 0 aromatic heterocycles. The Bertz CT molecular complexity index is 486. The molecule has 19 heavy (non-hydrogen) atoms. The van der Waals surface area contributed by atoms with Crippen LogP contribution in [0.3, 0.4) is 0 Å². The minimum absolute atomic E-state index is 0.277. The number of Topliss-reactive ketones (excluding diaryl/α,β-unsaturated/α-hetero) is 1. The smallest absolute Gasteiger partial charge is 0.153 e. The molecule has 1 heterocycles. The molecule has 1 fully saturated rings. The summed E-state index contributed by atoms with van der Waals surface area (Å²) in [5, 5.41) is 0. The van der Waals surface area contributed by atoms with Gasteiger partial charge in [-0.2, -0.15) is 0 Å². The molecule has 0 spiro atoms. The first-order valence-corrected chi connectivity index (χ1v) is 7.45. The second-order valence-electron chi connectivity index (χ2n) is 6.48.